The van der Waals surface area contributed by atoms with Crippen LogP contribution in [0.3, 0.4) is 0 Å². The molecule has 0 bridgehead atoms. The van der Waals surface area contributed by atoms with E-state index < -0.39 is 29.4 Å². The van der Waals surface area contributed by atoms with Crippen molar-refractivity contribution in [2.45, 2.75) is 25.6 Å². The summed E-state index contributed by atoms with van der Waals surface area (Å²) >= 11 is 0. The Morgan fingerprint density at radius 2 is 1.70 bits per heavy atom. The van der Waals surface area contributed by atoms with Crippen molar-refractivity contribution in [3.63, 3.8) is 0 Å². The summed E-state index contributed by atoms with van der Waals surface area (Å²) in [6.07, 6.45) is -3.07. The largest absolute Gasteiger partial charge is 0.481 e. The summed E-state index contributed by atoms with van der Waals surface area (Å²) in [5.74, 6) is -2.35. The number of hydrogen-bond acceptors (Lipinski definition) is 2. The highest BCUT2D eigenvalue weighted by Crippen LogP contribution is 2.30. The van der Waals surface area contributed by atoms with Gasteiger partial charge in [0, 0.05) is 30.2 Å². The zero-order valence-electron chi connectivity index (χ0n) is 17.4. The molecule has 0 radical (unpaired) electrons. The lowest BCUT2D eigenvalue weighted by Crippen LogP contribution is -2.23. The van der Waals surface area contributed by atoms with E-state index in [-0.39, 0.29) is 30.6 Å². The summed E-state index contributed by atoms with van der Waals surface area (Å²) in [4.78, 5) is 23.6. The van der Waals surface area contributed by atoms with Gasteiger partial charge in [-0.3, -0.25) is 9.59 Å². The number of amides is 1. The topological polar surface area (TPSA) is 71.3 Å². The van der Waals surface area contributed by atoms with Crippen molar-refractivity contribution < 1.29 is 32.3 Å². The van der Waals surface area contributed by atoms with Gasteiger partial charge in [0.2, 0.25) is 0 Å². The minimum atomic E-state index is -4.44. The number of carboxylic acids is 1. The third kappa shape index (κ3) is 5.88. The number of fused-ring (bicyclic) bond motifs is 1. The highest BCUT2D eigenvalue weighted by atomic mass is 19.4. The second-order valence-corrected chi connectivity index (χ2v) is 7.58. The maximum atomic E-state index is 14.1. The zero-order chi connectivity index (χ0) is 24.3. The third-order valence-corrected chi connectivity index (χ3v) is 4.86. The van der Waals surface area contributed by atoms with E-state index in [9.17, 15) is 27.2 Å². The number of carboxylic acid groups (broad SMARTS) is 1. The van der Waals surface area contributed by atoms with Crippen molar-refractivity contribution >= 4 is 22.8 Å². The molecule has 172 valence electrons. The van der Waals surface area contributed by atoms with E-state index in [0.29, 0.717) is 22.0 Å². The Kier molecular flexibility index (Phi) is 6.71. The Bertz CT molecular complexity index is 1240. The second kappa shape index (κ2) is 9.32. The van der Waals surface area contributed by atoms with Crippen LogP contribution in [0.2, 0.25) is 0 Å². The Morgan fingerprint density at radius 1 is 1.03 bits per heavy atom. The summed E-state index contributed by atoms with van der Waals surface area (Å²) in [5, 5.41) is 11.8. The number of alkyl halides is 3. The molecular weight excluding hydrogens is 440 g/mol. The standard InChI is InChI=1S/C24H20F4N2O3/c1-14(10-21(31)32)9-15(2)29-23(33)20-12-19(25)11-17-7-8-30(22(17)20)13-16-3-5-18(6-4-16)24(26,27)28/h3-8,11-12H,1-2,9-10,13H2,(H,29,33)(H,31,32). The molecule has 0 aliphatic heterocycles. The Morgan fingerprint density at radius 3 is 2.30 bits per heavy atom. The van der Waals surface area contributed by atoms with E-state index in [1.54, 1.807) is 16.8 Å². The predicted octanol–water partition coefficient (Wildman–Crippen LogP) is 5.51. The molecule has 0 atom stereocenters. The number of carbonyl (C=O) groups excluding carboxylic acids is 1. The molecular formula is C24H20F4N2O3. The van der Waals surface area contributed by atoms with Crippen molar-refractivity contribution in [3.8, 4) is 0 Å². The summed E-state index contributed by atoms with van der Waals surface area (Å²) in [6.45, 7) is 7.48. The number of benzene rings is 2. The van der Waals surface area contributed by atoms with Gasteiger partial charge in [0.05, 0.1) is 23.1 Å². The van der Waals surface area contributed by atoms with Crippen LogP contribution in [0, 0.1) is 5.82 Å². The number of rotatable bonds is 8. The van der Waals surface area contributed by atoms with E-state index in [2.05, 4.69) is 18.5 Å². The number of aliphatic carboxylic acids is 1. The van der Waals surface area contributed by atoms with Crippen molar-refractivity contribution in [1.82, 2.24) is 9.88 Å². The van der Waals surface area contributed by atoms with Crippen LogP contribution in [-0.4, -0.2) is 21.6 Å². The van der Waals surface area contributed by atoms with E-state index >= 15 is 0 Å². The number of nitrogens with one attached hydrogen (secondary N) is 1. The fourth-order valence-corrected chi connectivity index (χ4v) is 3.46. The second-order valence-electron chi connectivity index (χ2n) is 7.58. The van der Waals surface area contributed by atoms with Crippen molar-refractivity contribution in [2.75, 3.05) is 0 Å². The number of hydrogen-bond donors (Lipinski definition) is 2. The molecule has 1 heterocycles. The van der Waals surface area contributed by atoms with Crippen molar-refractivity contribution in [1.29, 1.82) is 0 Å². The Labute approximate surface area is 186 Å². The monoisotopic (exact) mass is 460 g/mol. The lowest BCUT2D eigenvalue weighted by molar-refractivity contribution is -0.138. The van der Waals surface area contributed by atoms with Gasteiger partial charge in [-0.05, 0) is 35.9 Å². The molecule has 1 amide bonds. The molecule has 3 rings (SSSR count). The van der Waals surface area contributed by atoms with Gasteiger partial charge in [-0.1, -0.05) is 30.9 Å². The average molecular weight is 460 g/mol. The molecule has 9 heteroatoms. The number of aromatic nitrogens is 1. The highest BCUT2D eigenvalue weighted by molar-refractivity contribution is 6.06. The molecule has 0 fully saturated rings. The van der Waals surface area contributed by atoms with E-state index in [1.165, 1.54) is 18.2 Å². The smallest absolute Gasteiger partial charge is 0.416 e. The molecule has 0 aliphatic carbocycles. The third-order valence-electron chi connectivity index (χ3n) is 4.86. The number of halogens is 4. The van der Waals surface area contributed by atoms with Crippen molar-refractivity contribution in [2.24, 2.45) is 0 Å². The van der Waals surface area contributed by atoms with Crippen LogP contribution in [0.25, 0.3) is 10.9 Å². The molecule has 33 heavy (non-hydrogen) atoms. The maximum Gasteiger partial charge on any atom is 0.416 e. The lowest BCUT2D eigenvalue weighted by atomic mass is 10.1. The van der Waals surface area contributed by atoms with Gasteiger partial charge < -0.3 is 15.0 Å². The summed E-state index contributed by atoms with van der Waals surface area (Å²) in [5.41, 5.74) is 0.726. The van der Waals surface area contributed by atoms with Gasteiger partial charge >= 0.3 is 12.1 Å². The zero-order valence-corrected chi connectivity index (χ0v) is 17.4. The lowest BCUT2D eigenvalue weighted by Gasteiger charge is -2.13. The average Bonchev–Trinajstić information content (AvgIpc) is 3.08. The molecule has 2 aromatic carbocycles. The number of nitrogens with zero attached hydrogens (tertiary/aromatic N) is 1. The molecule has 0 spiro atoms. The first-order chi connectivity index (χ1) is 15.4. The summed E-state index contributed by atoms with van der Waals surface area (Å²) < 4.78 is 54.2. The Balaban J connectivity index is 1.86. The van der Waals surface area contributed by atoms with Crippen LogP contribution in [0.4, 0.5) is 17.6 Å². The predicted molar refractivity (Wildman–Crippen MR) is 115 cm³/mol. The molecule has 1 aromatic heterocycles. The summed E-state index contributed by atoms with van der Waals surface area (Å²) in [7, 11) is 0. The van der Waals surface area contributed by atoms with Gasteiger partial charge in [0.15, 0.2) is 0 Å². The minimum Gasteiger partial charge on any atom is -0.481 e. The van der Waals surface area contributed by atoms with Gasteiger partial charge in [-0.15, -0.1) is 0 Å². The first kappa shape index (κ1) is 23.8. The van der Waals surface area contributed by atoms with Crippen LogP contribution in [-0.2, 0) is 17.5 Å². The van der Waals surface area contributed by atoms with E-state index in [4.69, 9.17) is 5.11 Å². The molecule has 3 aromatic rings. The van der Waals surface area contributed by atoms with Gasteiger partial charge in [0.25, 0.3) is 5.91 Å². The highest BCUT2D eigenvalue weighted by Gasteiger charge is 2.30. The number of carbonyl (C=O) groups is 2. The fourth-order valence-electron chi connectivity index (χ4n) is 3.46. The first-order valence-corrected chi connectivity index (χ1v) is 9.76. The molecule has 0 aliphatic rings. The molecule has 0 saturated carbocycles. The van der Waals surface area contributed by atoms with Crippen LogP contribution < -0.4 is 5.32 Å². The first-order valence-electron chi connectivity index (χ1n) is 9.76. The minimum absolute atomic E-state index is 0.00640. The maximum absolute atomic E-state index is 14.1. The van der Waals surface area contributed by atoms with Crippen LogP contribution in [0.5, 0.6) is 0 Å². The van der Waals surface area contributed by atoms with Crippen LogP contribution in [0.1, 0.15) is 34.3 Å². The van der Waals surface area contributed by atoms with Crippen LogP contribution in [0.15, 0.2) is 73.1 Å². The normalized spacial score (nSPS) is 11.4. The molecule has 5 nitrogen and oxygen atoms in total. The SMILES string of the molecule is C=C(CC(=C)NC(=O)c1cc(F)cc2ccn(Cc3ccc(C(F)(F)F)cc3)c12)CC(=O)O. The molecule has 2 N–H and O–H groups in total. The Hall–Kier alpha value is -3.88. The fraction of sp³-hybridized carbons (Fsp3) is 0.167. The van der Waals surface area contributed by atoms with Crippen molar-refractivity contribution in [3.05, 3.63) is 95.6 Å². The molecule has 0 saturated heterocycles. The number of allylic oxidation sites excluding steroid dienone is 1. The van der Waals surface area contributed by atoms with Gasteiger partial charge in [-0.25, -0.2) is 4.39 Å². The van der Waals surface area contributed by atoms with Crippen LogP contribution >= 0.6 is 0 Å². The van der Waals surface area contributed by atoms with Gasteiger partial charge in [0.1, 0.15) is 5.82 Å². The summed E-state index contributed by atoms with van der Waals surface area (Å²) in [6, 6.07) is 8.54. The quantitative estimate of drug-likeness (QED) is 0.344. The van der Waals surface area contributed by atoms with Gasteiger partial charge in [-0.2, -0.15) is 13.2 Å². The van der Waals surface area contributed by atoms with E-state index in [1.807, 2.05) is 0 Å². The molecule has 0 unspecified atom stereocenters. The van der Waals surface area contributed by atoms with E-state index in [0.717, 1.165) is 18.2 Å².